The van der Waals surface area contributed by atoms with Gasteiger partial charge in [0.1, 0.15) is 11.5 Å². The highest BCUT2D eigenvalue weighted by Crippen LogP contribution is 2.34. The smallest absolute Gasteiger partial charge is 0.230 e. The van der Waals surface area contributed by atoms with Crippen molar-refractivity contribution in [2.45, 2.75) is 52.5 Å². The van der Waals surface area contributed by atoms with Gasteiger partial charge in [0.25, 0.3) is 0 Å². The van der Waals surface area contributed by atoms with Crippen LogP contribution in [0.15, 0.2) is 15.0 Å². The van der Waals surface area contributed by atoms with Crippen molar-refractivity contribution in [1.82, 2.24) is 15.0 Å². The maximum absolute atomic E-state index is 12.9. The molecule has 0 saturated carbocycles. The Bertz CT molecular complexity index is 689. The van der Waals surface area contributed by atoms with Gasteiger partial charge in [-0.25, -0.2) is 0 Å². The summed E-state index contributed by atoms with van der Waals surface area (Å²) in [5.41, 5.74) is 0.956. The minimum absolute atomic E-state index is 0.0827. The summed E-state index contributed by atoms with van der Waals surface area (Å²) in [5, 5.41) is 3.99. The molecule has 2 atom stereocenters. The van der Waals surface area contributed by atoms with E-state index in [2.05, 4.69) is 10.1 Å². The molecule has 6 nitrogen and oxygen atoms in total. The summed E-state index contributed by atoms with van der Waals surface area (Å²) in [6.45, 7) is 8.22. The van der Waals surface area contributed by atoms with Gasteiger partial charge in [-0.3, -0.25) is 4.79 Å². The van der Waals surface area contributed by atoms with Crippen molar-refractivity contribution in [1.29, 1.82) is 0 Å². The Morgan fingerprint density at radius 1 is 1.41 bits per heavy atom. The molecule has 1 saturated heterocycles. The van der Waals surface area contributed by atoms with Crippen molar-refractivity contribution in [3.05, 3.63) is 34.9 Å². The highest BCUT2D eigenvalue weighted by molar-refractivity contribution is 5.84. The summed E-state index contributed by atoms with van der Waals surface area (Å²) in [7, 11) is 0. The van der Waals surface area contributed by atoms with E-state index in [0.29, 0.717) is 11.7 Å². The van der Waals surface area contributed by atoms with Gasteiger partial charge >= 0.3 is 0 Å². The SMILES string of the molecule is Cc1cc([C@@H](C)C(=O)N2CCC[C@@H]2c2noc(C)n2)c(C)o1. The largest absolute Gasteiger partial charge is 0.466 e. The number of aryl methyl sites for hydroxylation is 3. The molecule has 1 fully saturated rings. The molecule has 1 aliphatic rings. The second-order valence-electron chi connectivity index (χ2n) is 5.95. The number of hydrogen-bond donors (Lipinski definition) is 0. The van der Waals surface area contributed by atoms with Gasteiger partial charge in [-0.05, 0) is 39.7 Å². The predicted octanol–water partition coefficient (Wildman–Crippen LogP) is 3.06. The lowest BCUT2D eigenvalue weighted by Gasteiger charge is -2.25. The number of aromatic nitrogens is 2. The monoisotopic (exact) mass is 303 g/mol. The van der Waals surface area contributed by atoms with Crippen LogP contribution < -0.4 is 0 Å². The molecule has 0 aliphatic carbocycles. The minimum Gasteiger partial charge on any atom is -0.466 e. The van der Waals surface area contributed by atoms with E-state index in [4.69, 9.17) is 8.94 Å². The zero-order valence-electron chi connectivity index (χ0n) is 13.4. The highest BCUT2D eigenvalue weighted by Gasteiger charge is 2.36. The van der Waals surface area contributed by atoms with Crippen LogP contribution in [0.25, 0.3) is 0 Å². The van der Waals surface area contributed by atoms with Gasteiger partial charge in [-0.15, -0.1) is 0 Å². The van der Waals surface area contributed by atoms with E-state index in [9.17, 15) is 4.79 Å². The van der Waals surface area contributed by atoms with E-state index in [1.54, 1.807) is 6.92 Å². The molecule has 0 N–H and O–H groups in total. The number of rotatable bonds is 3. The molecule has 0 unspecified atom stereocenters. The van der Waals surface area contributed by atoms with Crippen LogP contribution in [0.4, 0.5) is 0 Å². The summed E-state index contributed by atoms with van der Waals surface area (Å²) in [4.78, 5) is 19.1. The molecule has 2 aromatic heterocycles. The Hall–Kier alpha value is -2.11. The molecule has 22 heavy (non-hydrogen) atoms. The Morgan fingerprint density at radius 3 is 2.77 bits per heavy atom. The van der Waals surface area contributed by atoms with Crippen LogP contribution in [0.1, 0.15) is 60.5 Å². The van der Waals surface area contributed by atoms with Gasteiger partial charge in [-0.1, -0.05) is 5.16 Å². The molecule has 0 aromatic carbocycles. The maximum atomic E-state index is 12.9. The van der Waals surface area contributed by atoms with Crippen molar-refractivity contribution in [2.24, 2.45) is 0 Å². The lowest BCUT2D eigenvalue weighted by molar-refractivity contribution is -0.133. The van der Waals surface area contributed by atoms with Crippen LogP contribution >= 0.6 is 0 Å². The molecule has 3 heterocycles. The molecule has 0 spiro atoms. The third-order valence-electron chi connectivity index (χ3n) is 4.29. The summed E-state index contributed by atoms with van der Waals surface area (Å²) >= 11 is 0. The number of carbonyl (C=O) groups is 1. The maximum Gasteiger partial charge on any atom is 0.230 e. The number of hydrogen-bond acceptors (Lipinski definition) is 5. The third kappa shape index (κ3) is 2.53. The second-order valence-corrected chi connectivity index (χ2v) is 5.95. The van der Waals surface area contributed by atoms with E-state index in [1.807, 2.05) is 31.7 Å². The number of nitrogens with zero attached hydrogens (tertiary/aromatic N) is 3. The molecule has 1 amide bonds. The molecule has 0 radical (unpaired) electrons. The van der Waals surface area contributed by atoms with Gasteiger partial charge in [0.05, 0.1) is 12.0 Å². The van der Waals surface area contributed by atoms with Crippen LogP contribution in [0, 0.1) is 20.8 Å². The molecule has 118 valence electrons. The van der Waals surface area contributed by atoms with E-state index >= 15 is 0 Å². The van der Waals surface area contributed by atoms with Gasteiger partial charge in [-0.2, -0.15) is 4.98 Å². The first-order chi connectivity index (χ1) is 10.5. The molecular formula is C16H21N3O3. The summed E-state index contributed by atoms with van der Waals surface area (Å²) in [6, 6.07) is 1.86. The molecule has 3 rings (SSSR count). The second kappa shape index (κ2) is 5.59. The van der Waals surface area contributed by atoms with Gasteiger partial charge in [0.15, 0.2) is 5.82 Å². The fraction of sp³-hybridized carbons (Fsp3) is 0.562. The van der Waals surface area contributed by atoms with Crippen LogP contribution in [0.5, 0.6) is 0 Å². The van der Waals surface area contributed by atoms with E-state index in [1.165, 1.54) is 0 Å². The van der Waals surface area contributed by atoms with Crippen molar-refractivity contribution >= 4 is 5.91 Å². The topological polar surface area (TPSA) is 72.4 Å². The zero-order valence-corrected chi connectivity index (χ0v) is 13.4. The van der Waals surface area contributed by atoms with E-state index in [0.717, 1.165) is 36.5 Å². The average molecular weight is 303 g/mol. The van der Waals surface area contributed by atoms with Crippen molar-refractivity contribution < 1.29 is 13.7 Å². The van der Waals surface area contributed by atoms with Crippen LogP contribution in [0.3, 0.4) is 0 Å². The number of furan rings is 1. The van der Waals surface area contributed by atoms with Gasteiger partial charge < -0.3 is 13.8 Å². The van der Waals surface area contributed by atoms with Crippen molar-refractivity contribution in [3.8, 4) is 0 Å². The Labute approximate surface area is 129 Å². The van der Waals surface area contributed by atoms with Crippen LogP contribution in [-0.4, -0.2) is 27.5 Å². The average Bonchev–Trinajstić information content (AvgIpc) is 3.17. The fourth-order valence-electron chi connectivity index (χ4n) is 3.21. The summed E-state index contributed by atoms with van der Waals surface area (Å²) < 4.78 is 10.6. The van der Waals surface area contributed by atoms with Crippen LogP contribution in [0.2, 0.25) is 0 Å². The minimum atomic E-state index is -0.231. The standard InChI is InChI=1S/C16H21N3O3/c1-9-8-13(11(3)21-9)10(2)16(20)19-7-5-6-14(19)15-17-12(4)22-18-15/h8,10,14H,5-7H2,1-4H3/t10-,14-/m1/s1. The van der Waals surface area contributed by atoms with E-state index < -0.39 is 0 Å². The molecule has 6 heteroatoms. The lowest BCUT2D eigenvalue weighted by Crippen LogP contribution is -2.34. The highest BCUT2D eigenvalue weighted by atomic mass is 16.5. The zero-order chi connectivity index (χ0) is 15.9. The fourth-order valence-corrected chi connectivity index (χ4v) is 3.21. The van der Waals surface area contributed by atoms with E-state index in [-0.39, 0.29) is 17.9 Å². The number of carbonyl (C=O) groups excluding carboxylic acids is 1. The molecule has 1 aliphatic heterocycles. The summed E-state index contributed by atoms with van der Waals surface area (Å²) in [5.74, 6) is 2.64. The number of likely N-dealkylation sites (tertiary alicyclic amines) is 1. The van der Waals surface area contributed by atoms with Gasteiger partial charge in [0.2, 0.25) is 11.8 Å². The number of amides is 1. The molecular weight excluding hydrogens is 282 g/mol. The molecule has 0 bridgehead atoms. The lowest BCUT2D eigenvalue weighted by atomic mass is 9.99. The Balaban J connectivity index is 1.83. The normalized spacial score (nSPS) is 19.6. The first kappa shape index (κ1) is 14.8. The predicted molar refractivity (Wildman–Crippen MR) is 79.3 cm³/mol. The summed E-state index contributed by atoms with van der Waals surface area (Å²) in [6.07, 6.45) is 1.83. The first-order valence-corrected chi connectivity index (χ1v) is 7.65. The quantitative estimate of drug-likeness (QED) is 0.871. The Morgan fingerprint density at radius 2 is 2.18 bits per heavy atom. The van der Waals surface area contributed by atoms with Crippen molar-refractivity contribution in [2.75, 3.05) is 6.54 Å². The van der Waals surface area contributed by atoms with Crippen LogP contribution in [-0.2, 0) is 4.79 Å². The Kier molecular flexibility index (Phi) is 3.76. The van der Waals surface area contributed by atoms with Crippen molar-refractivity contribution in [3.63, 3.8) is 0 Å². The third-order valence-corrected chi connectivity index (χ3v) is 4.29. The first-order valence-electron chi connectivity index (χ1n) is 7.65. The molecule has 2 aromatic rings. The van der Waals surface area contributed by atoms with Gasteiger partial charge in [0, 0.05) is 19.0 Å².